The summed E-state index contributed by atoms with van der Waals surface area (Å²) in [6.45, 7) is 3.46. The Hall–Kier alpha value is -2.38. The first-order chi connectivity index (χ1) is 13.1. The van der Waals surface area contributed by atoms with Gasteiger partial charge in [-0.25, -0.2) is 4.98 Å². The van der Waals surface area contributed by atoms with E-state index in [0.29, 0.717) is 31.9 Å². The van der Waals surface area contributed by atoms with Gasteiger partial charge in [0.1, 0.15) is 6.61 Å². The third-order valence-electron chi connectivity index (χ3n) is 4.48. The highest BCUT2D eigenvalue weighted by molar-refractivity contribution is 7.13. The highest BCUT2D eigenvalue weighted by atomic mass is 32.1. The van der Waals surface area contributed by atoms with Crippen molar-refractivity contribution in [3.05, 3.63) is 51.3 Å². The standard InChI is InChI=1S/C20H20N2O3S2/c1-13-21-16(12-27-13)10-19(23)22-5-6-25-20-15(11-22)8-14(9-17(20)24-2)18-4-3-7-26-18/h3-4,7-9,12H,5-6,10-11H2,1-2H3. The molecular formula is C20H20N2O3S2. The summed E-state index contributed by atoms with van der Waals surface area (Å²) in [6.07, 6.45) is 0.321. The second-order valence-corrected chi connectivity index (χ2v) is 8.35. The number of carbonyl (C=O) groups is 1. The number of hydrogen-bond donors (Lipinski definition) is 0. The zero-order valence-corrected chi connectivity index (χ0v) is 16.9. The van der Waals surface area contributed by atoms with Crippen molar-refractivity contribution in [3.63, 3.8) is 0 Å². The number of thiazole rings is 1. The molecule has 5 nitrogen and oxygen atoms in total. The lowest BCUT2D eigenvalue weighted by Crippen LogP contribution is -2.33. The maximum absolute atomic E-state index is 12.8. The number of amides is 1. The van der Waals surface area contributed by atoms with Crippen molar-refractivity contribution in [3.8, 4) is 21.9 Å². The lowest BCUT2D eigenvalue weighted by atomic mass is 10.1. The van der Waals surface area contributed by atoms with Crippen LogP contribution in [0.15, 0.2) is 35.0 Å². The smallest absolute Gasteiger partial charge is 0.229 e. The molecule has 0 atom stereocenters. The van der Waals surface area contributed by atoms with Crippen molar-refractivity contribution in [2.45, 2.75) is 19.9 Å². The molecule has 0 bridgehead atoms. The van der Waals surface area contributed by atoms with Crippen LogP contribution in [0.5, 0.6) is 11.5 Å². The Balaban J connectivity index is 1.62. The minimum absolute atomic E-state index is 0.0669. The van der Waals surface area contributed by atoms with Crippen molar-refractivity contribution >= 4 is 28.6 Å². The predicted octanol–water partition coefficient (Wildman–Crippen LogP) is 4.15. The zero-order valence-electron chi connectivity index (χ0n) is 15.2. The van der Waals surface area contributed by atoms with Crippen LogP contribution in [0.4, 0.5) is 0 Å². The van der Waals surface area contributed by atoms with E-state index < -0.39 is 0 Å². The van der Waals surface area contributed by atoms with Gasteiger partial charge in [0.2, 0.25) is 5.91 Å². The highest BCUT2D eigenvalue weighted by Gasteiger charge is 2.24. The Bertz CT molecular complexity index is 950. The maximum atomic E-state index is 12.8. The Morgan fingerprint density at radius 1 is 1.37 bits per heavy atom. The van der Waals surface area contributed by atoms with E-state index in [9.17, 15) is 4.79 Å². The molecule has 7 heteroatoms. The number of ether oxygens (including phenoxy) is 2. The fourth-order valence-corrected chi connectivity index (χ4v) is 4.52. The molecule has 0 radical (unpaired) electrons. The number of thiophene rings is 1. The Kier molecular flexibility index (Phi) is 5.13. The molecule has 0 aliphatic carbocycles. The van der Waals surface area contributed by atoms with Gasteiger partial charge in [0.25, 0.3) is 0 Å². The molecule has 0 N–H and O–H groups in total. The van der Waals surface area contributed by atoms with E-state index in [1.165, 1.54) is 0 Å². The monoisotopic (exact) mass is 400 g/mol. The number of hydrogen-bond acceptors (Lipinski definition) is 6. The van der Waals surface area contributed by atoms with Gasteiger partial charge in [0, 0.05) is 22.4 Å². The van der Waals surface area contributed by atoms with Gasteiger partial charge in [-0.2, -0.15) is 0 Å². The molecule has 2 aromatic heterocycles. The molecule has 1 aromatic carbocycles. The van der Waals surface area contributed by atoms with E-state index in [0.717, 1.165) is 32.5 Å². The van der Waals surface area contributed by atoms with Crippen LogP contribution in [-0.4, -0.2) is 36.1 Å². The van der Waals surface area contributed by atoms with Crippen LogP contribution in [0, 0.1) is 6.92 Å². The normalized spacial score (nSPS) is 13.6. The summed E-state index contributed by atoms with van der Waals surface area (Å²) in [4.78, 5) is 20.2. The van der Waals surface area contributed by atoms with Crippen molar-refractivity contribution in [1.29, 1.82) is 0 Å². The summed E-state index contributed by atoms with van der Waals surface area (Å²) in [5.41, 5.74) is 2.88. The molecule has 27 heavy (non-hydrogen) atoms. The summed E-state index contributed by atoms with van der Waals surface area (Å²) in [7, 11) is 1.65. The van der Waals surface area contributed by atoms with E-state index in [1.54, 1.807) is 29.8 Å². The van der Waals surface area contributed by atoms with Crippen molar-refractivity contribution in [2.75, 3.05) is 20.3 Å². The Morgan fingerprint density at radius 2 is 2.26 bits per heavy atom. The third-order valence-corrected chi connectivity index (χ3v) is 6.22. The quantitative estimate of drug-likeness (QED) is 0.660. The second-order valence-electron chi connectivity index (χ2n) is 6.34. The molecule has 0 unspecified atom stereocenters. The van der Waals surface area contributed by atoms with Gasteiger partial charge in [0.15, 0.2) is 11.5 Å². The molecule has 0 saturated carbocycles. The van der Waals surface area contributed by atoms with Crippen molar-refractivity contribution in [1.82, 2.24) is 9.88 Å². The minimum atomic E-state index is 0.0669. The largest absolute Gasteiger partial charge is 0.493 e. The summed E-state index contributed by atoms with van der Waals surface area (Å²) in [5.74, 6) is 1.51. The van der Waals surface area contributed by atoms with Gasteiger partial charge in [-0.05, 0) is 36.1 Å². The lowest BCUT2D eigenvalue weighted by molar-refractivity contribution is -0.131. The van der Waals surface area contributed by atoms with Crippen LogP contribution in [0.2, 0.25) is 0 Å². The zero-order chi connectivity index (χ0) is 18.8. The van der Waals surface area contributed by atoms with Gasteiger partial charge < -0.3 is 14.4 Å². The number of aromatic nitrogens is 1. The van der Waals surface area contributed by atoms with Gasteiger partial charge in [-0.1, -0.05) is 6.07 Å². The predicted molar refractivity (Wildman–Crippen MR) is 108 cm³/mol. The number of rotatable bonds is 4. The Morgan fingerprint density at radius 3 is 2.96 bits per heavy atom. The van der Waals surface area contributed by atoms with E-state index in [2.05, 4.69) is 22.5 Å². The van der Waals surface area contributed by atoms with Gasteiger partial charge in [-0.15, -0.1) is 22.7 Å². The summed E-state index contributed by atoms with van der Waals surface area (Å²) >= 11 is 3.25. The number of fused-ring (bicyclic) bond motifs is 1. The van der Waals surface area contributed by atoms with Crippen molar-refractivity contribution < 1.29 is 14.3 Å². The van der Waals surface area contributed by atoms with Crippen LogP contribution in [-0.2, 0) is 17.8 Å². The molecule has 140 valence electrons. The molecule has 1 amide bonds. The van der Waals surface area contributed by atoms with Gasteiger partial charge >= 0.3 is 0 Å². The summed E-state index contributed by atoms with van der Waals surface area (Å²) in [6, 6.07) is 8.21. The van der Waals surface area contributed by atoms with Crippen LogP contribution < -0.4 is 9.47 Å². The topological polar surface area (TPSA) is 51.7 Å². The van der Waals surface area contributed by atoms with Crippen LogP contribution >= 0.6 is 22.7 Å². The van der Waals surface area contributed by atoms with E-state index in [-0.39, 0.29) is 5.91 Å². The number of carbonyl (C=O) groups excluding carboxylic acids is 1. The summed E-state index contributed by atoms with van der Waals surface area (Å²) in [5, 5.41) is 4.98. The molecule has 1 aliphatic heterocycles. The number of benzene rings is 1. The summed E-state index contributed by atoms with van der Waals surface area (Å²) < 4.78 is 11.5. The first-order valence-corrected chi connectivity index (χ1v) is 10.5. The van der Waals surface area contributed by atoms with E-state index in [4.69, 9.17) is 9.47 Å². The lowest BCUT2D eigenvalue weighted by Gasteiger charge is -2.20. The first-order valence-electron chi connectivity index (χ1n) is 8.70. The minimum Gasteiger partial charge on any atom is -0.493 e. The van der Waals surface area contributed by atoms with Gasteiger partial charge in [0.05, 0.1) is 30.8 Å². The molecule has 0 fully saturated rings. The third kappa shape index (κ3) is 3.84. The SMILES string of the molecule is COc1cc(-c2cccs2)cc2c1OCCN(C(=O)Cc1csc(C)n1)C2. The fraction of sp³-hybridized carbons (Fsp3) is 0.300. The number of nitrogens with zero attached hydrogens (tertiary/aromatic N) is 2. The Labute approximate surface area is 166 Å². The molecule has 3 aromatic rings. The number of aryl methyl sites for hydroxylation is 1. The highest BCUT2D eigenvalue weighted by Crippen LogP contribution is 2.39. The molecule has 1 aliphatic rings. The molecule has 3 heterocycles. The van der Waals surface area contributed by atoms with Gasteiger partial charge in [-0.3, -0.25) is 4.79 Å². The van der Waals surface area contributed by atoms with Crippen LogP contribution in [0.25, 0.3) is 10.4 Å². The van der Waals surface area contributed by atoms with Crippen LogP contribution in [0.3, 0.4) is 0 Å². The average Bonchev–Trinajstić information content (AvgIpc) is 3.28. The average molecular weight is 401 g/mol. The fourth-order valence-electron chi connectivity index (χ4n) is 3.19. The first kappa shape index (κ1) is 18.0. The van der Waals surface area contributed by atoms with Crippen molar-refractivity contribution in [2.24, 2.45) is 0 Å². The molecular weight excluding hydrogens is 380 g/mol. The number of methoxy groups -OCH3 is 1. The van der Waals surface area contributed by atoms with Crippen LogP contribution in [0.1, 0.15) is 16.3 Å². The maximum Gasteiger partial charge on any atom is 0.229 e. The molecule has 4 rings (SSSR count). The van der Waals surface area contributed by atoms with E-state index >= 15 is 0 Å². The van der Waals surface area contributed by atoms with E-state index in [1.807, 2.05) is 29.3 Å². The molecule has 0 saturated heterocycles. The second kappa shape index (κ2) is 7.70. The molecule has 0 spiro atoms.